The molecule has 0 aliphatic rings. The van der Waals surface area contributed by atoms with Crippen molar-refractivity contribution in [2.75, 3.05) is 0 Å². The van der Waals surface area contributed by atoms with Crippen LogP contribution >= 0.6 is 11.9 Å². The van der Waals surface area contributed by atoms with Gasteiger partial charge in [0.2, 0.25) is 0 Å². The van der Waals surface area contributed by atoms with Crippen molar-refractivity contribution in [1.82, 2.24) is 0 Å². The van der Waals surface area contributed by atoms with Crippen molar-refractivity contribution < 1.29 is 0 Å². The highest BCUT2D eigenvalue weighted by atomic mass is 32.2. The third kappa shape index (κ3) is 3.69. The van der Waals surface area contributed by atoms with E-state index >= 15 is 0 Å². The van der Waals surface area contributed by atoms with Crippen molar-refractivity contribution in [2.45, 2.75) is 25.0 Å². The van der Waals surface area contributed by atoms with Gasteiger partial charge in [0.1, 0.15) is 4.75 Å². The van der Waals surface area contributed by atoms with Crippen LogP contribution in [0.15, 0.2) is 95.4 Å². The van der Waals surface area contributed by atoms with Crippen molar-refractivity contribution in [3.05, 3.63) is 108 Å². The number of hydrogen-bond donors (Lipinski definition) is 0. The molecule has 0 aliphatic heterocycles. The Morgan fingerprint density at radius 3 is 1.40 bits per heavy atom. The second-order valence-electron chi connectivity index (χ2n) is 6.05. The molecule has 0 amide bonds. The maximum Gasteiger partial charge on any atom is 0.112 e. The van der Waals surface area contributed by atoms with Gasteiger partial charge in [0.05, 0.1) is 0 Å². The predicted octanol–water partition coefficient (Wildman–Crippen LogP) is 6.50. The molecule has 25 heavy (non-hydrogen) atoms. The predicted molar refractivity (Wildman–Crippen MR) is 110 cm³/mol. The average molecular weight is 346 g/mol. The largest absolute Gasteiger partial charge is 0.224 e. The zero-order chi connectivity index (χ0) is 17.5. The first-order valence-corrected chi connectivity index (χ1v) is 9.43. The second kappa shape index (κ2) is 8.17. The van der Waals surface area contributed by atoms with Gasteiger partial charge in [-0.2, -0.15) is 0 Å². The van der Waals surface area contributed by atoms with Gasteiger partial charge in [-0.05, 0) is 42.0 Å². The van der Waals surface area contributed by atoms with E-state index in [1.807, 2.05) is 0 Å². The van der Waals surface area contributed by atoms with Crippen LogP contribution in [-0.2, 0) is 4.75 Å². The Kier molecular flexibility index (Phi) is 5.72. The van der Waals surface area contributed by atoms with Crippen LogP contribution in [-0.4, -0.2) is 5.71 Å². The topological polar surface area (TPSA) is 12.4 Å². The Morgan fingerprint density at radius 2 is 1.08 bits per heavy atom. The maximum absolute atomic E-state index is 4.88. The zero-order valence-electron chi connectivity index (χ0n) is 14.7. The highest BCUT2D eigenvalue weighted by Crippen LogP contribution is 2.49. The fraction of sp³-hybridized carbons (Fsp3) is 0.174. The van der Waals surface area contributed by atoms with Gasteiger partial charge in [-0.15, -0.1) is 0 Å². The number of hydrogen-bond acceptors (Lipinski definition) is 2. The van der Waals surface area contributed by atoms with Crippen molar-refractivity contribution in [3.63, 3.8) is 0 Å². The molecule has 0 N–H and O–H groups in total. The number of nitrogens with zero attached hydrogens (tertiary/aromatic N) is 1. The van der Waals surface area contributed by atoms with Crippen LogP contribution in [0.1, 0.15) is 37.0 Å². The summed E-state index contributed by atoms with van der Waals surface area (Å²) in [4.78, 5) is 0. The lowest BCUT2D eigenvalue weighted by atomic mass is 9.84. The molecule has 0 aromatic heterocycles. The van der Waals surface area contributed by atoms with Crippen LogP contribution in [0.3, 0.4) is 0 Å². The van der Waals surface area contributed by atoms with Crippen molar-refractivity contribution in [2.24, 2.45) is 4.40 Å². The van der Waals surface area contributed by atoms with Gasteiger partial charge >= 0.3 is 0 Å². The summed E-state index contributed by atoms with van der Waals surface area (Å²) in [6.07, 6.45) is 0.960. The van der Waals surface area contributed by atoms with Crippen LogP contribution in [0.25, 0.3) is 0 Å². The van der Waals surface area contributed by atoms with E-state index in [4.69, 9.17) is 4.40 Å². The molecule has 0 saturated heterocycles. The van der Waals surface area contributed by atoms with Crippen molar-refractivity contribution in [3.8, 4) is 0 Å². The first-order chi connectivity index (χ1) is 12.3. The first kappa shape index (κ1) is 17.5. The molecule has 0 heterocycles. The summed E-state index contributed by atoms with van der Waals surface area (Å²) >= 11 is 1.65. The van der Waals surface area contributed by atoms with Crippen LogP contribution in [0.2, 0.25) is 0 Å². The Hall–Kier alpha value is -2.32. The van der Waals surface area contributed by atoms with Crippen LogP contribution in [0.5, 0.6) is 0 Å². The SMILES string of the molecule is CC/C(C)=N/SC(c1ccccc1)(c1ccccc1)c1ccccc1. The fourth-order valence-electron chi connectivity index (χ4n) is 2.89. The molecule has 0 aliphatic carbocycles. The molecular formula is C23H23NS. The molecule has 126 valence electrons. The maximum atomic E-state index is 4.88. The lowest BCUT2D eigenvalue weighted by Crippen LogP contribution is -2.25. The van der Waals surface area contributed by atoms with Gasteiger partial charge < -0.3 is 0 Å². The molecule has 0 fully saturated rings. The Morgan fingerprint density at radius 1 is 0.720 bits per heavy atom. The molecule has 1 nitrogen and oxygen atoms in total. The van der Waals surface area contributed by atoms with E-state index in [0.29, 0.717) is 0 Å². The van der Waals surface area contributed by atoms with Gasteiger partial charge in [0.25, 0.3) is 0 Å². The molecule has 0 saturated carbocycles. The van der Waals surface area contributed by atoms with Crippen LogP contribution in [0.4, 0.5) is 0 Å². The average Bonchev–Trinajstić information content (AvgIpc) is 2.71. The lowest BCUT2D eigenvalue weighted by molar-refractivity contribution is 0.896. The minimum Gasteiger partial charge on any atom is -0.224 e. The minimum atomic E-state index is -0.361. The molecule has 2 heteroatoms. The fourth-order valence-corrected chi connectivity index (χ4v) is 4.03. The summed E-state index contributed by atoms with van der Waals surface area (Å²) in [6, 6.07) is 32.0. The summed E-state index contributed by atoms with van der Waals surface area (Å²) in [7, 11) is 0. The van der Waals surface area contributed by atoms with Crippen LogP contribution < -0.4 is 0 Å². The van der Waals surface area contributed by atoms with Gasteiger partial charge in [-0.3, -0.25) is 0 Å². The molecular weight excluding hydrogens is 322 g/mol. The standard InChI is InChI=1S/C23H23NS/c1-3-19(2)24-25-23(20-13-7-4-8-14-20,21-15-9-5-10-16-21)22-17-11-6-12-18-22/h4-18H,3H2,1-2H3/b24-19+. The van der Waals surface area contributed by atoms with E-state index in [1.54, 1.807) is 11.9 Å². The monoisotopic (exact) mass is 345 g/mol. The third-order valence-corrected chi connectivity index (χ3v) is 5.77. The van der Waals surface area contributed by atoms with E-state index < -0.39 is 0 Å². The van der Waals surface area contributed by atoms with E-state index in [9.17, 15) is 0 Å². The summed E-state index contributed by atoms with van der Waals surface area (Å²) in [5.41, 5.74) is 4.87. The summed E-state index contributed by atoms with van der Waals surface area (Å²) in [5, 5.41) is 0. The summed E-state index contributed by atoms with van der Waals surface area (Å²) in [6.45, 7) is 4.24. The normalized spacial score (nSPS) is 12.2. The summed E-state index contributed by atoms with van der Waals surface area (Å²) in [5.74, 6) is 0. The molecule has 0 radical (unpaired) electrons. The second-order valence-corrected chi connectivity index (χ2v) is 7.03. The Bertz CT molecular complexity index is 714. The minimum absolute atomic E-state index is 0.361. The van der Waals surface area contributed by atoms with Crippen LogP contribution in [0, 0.1) is 0 Å². The van der Waals surface area contributed by atoms with Gasteiger partial charge in [0, 0.05) is 5.71 Å². The number of benzene rings is 3. The Labute approximate surface area is 155 Å². The molecule has 0 unspecified atom stereocenters. The van der Waals surface area contributed by atoms with Crippen molar-refractivity contribution >= 4 is 17.7 Å². The first-order valence-electron chi connectivity index (χ1n) is 8.65. The quantitative estimate of drug-likeness (QED) is 0.282. The smallest absolute Gasteiger partial charge is 0.112 e. The lowest BCUT2D eigenvalue weighted by Gasteiger charge is -2.33. The molecule has 3 aromatic rings. The van der Waals surface area contributed by atoms with E-state index in [2.05, 4.69) is 105 Å². The molecule has 3 aromatic carbocycles. The highest BCUT2D eigenvalue weighted by molar-refractivity contribution is 7.99. The third-order valence-electron chi connectivity index (χ3n) is 4.39. The molecule has 0 bridgehead atoms. The van der Waals surface area contributed by atoms with E-state index in [0.717, 1.165) is 12.1 Å². The van der Waals surface area contributed by atoms with E-state index in [1.165, 1.54) is 16.7 Å². The highest BCUT2D eigenvalue weighted by Gasteiger charge is 2.37. The molecule has 0 spiro atoms. The van der Waals surface area contributed by atoms with Gasteiger partial charge in [-0.1, -0.05) is 97.9 Å². The van der Waals surface area contributed by atoms with Gasteiger partial charge in [-0.25, -0.2) is 4.40 Å². The Balaban J connectivity index is 2.27. The molecule has 0 atom stereocenters. The van der Waals surface area contributed by atoms with Crippen molar-refractivity contribution in [1.29, 1.82) is 0 Å². The van der Waals surface area contributed by atoms with Gasteiger partial charge in [0.15, 0.2) is 0 Å². The zero-order valence-corrected chi connectivity index (χ0v) is 15.5. The van der Waals surface area contributed by atoms with E-state index in [-0.39, 0.29) is 4.75 Å². The number of rotatable bonds is 6. The summed E-state index contributed by atoms with van der Waals surface area (Å²) < 4.78 is 4.52. The molecule has 3 rings (SSSR count).